The number of amides is 1. The van der Waals surface area contributed by atoms with Crippen molar-refractivity contribution < 1.29 is 9.90 Å². The minimum absolute atomic E-state index is 0.0485. The van der Waals surface area contributed by atoms with Gasteiger partial charge in [0.2, 0.25) is 0 Å². The smallest absolute Gasteiger partial charge is 0.251 e. The predicted octanol–water partition coefficient (Wildman–Crippen LogP) is 0.887. The number of aliphatic hydroxyl groups is 1. The Morgan fingerprint density at radius 1 is 1.27 bits per heavy atom. The third-order valence-corrected chi connectivity index (χ3v) is 3.99. The zero-order valence-corrected chi connectivity index (χ0v) is 12.2. The van der Waals surface area contributed by atoms with Crippen molar-refractivity contribution in [3.63, 3.8) is 0 Å². The number of aromatic nitrogens is 1. The normalized spacial score (nSPS) is 18.3. The van der Waals surface area contributed by atoms with Crippen LogP contribution in [0.5, 0.6) is 0 Å². The Balaban J connectivity index is 1.55. The third-order valence-electron chi connectivity index (χ3n) is 3.99. The van der Waals surface area contributed by atoms with Crippen LogP contribution in [0.25, 0.3) is 0 Å². The summed E-state index contributed by atoms with van der Waals surface area (Å²) in [5.41, 5.74) is 3.07. The van der Waals surface area contributed by atoms with Gasteiger partial charge in [0.25, 0.3) is 5.91 Å². The lowest BCUT2D eigenvalue weighted by atomic mass is 9.93. The van der Waals surface area contributed by atoms with Crippen molar-refractivity contribution in [2.45, 2.75) is 25.1 Å². The van der Waals surface area contributed by atoms with Gasteiger partial charge in [-0.1, -0.05) is 24.3 Å². The summed E-state index contributed by atoms with van der Waals surface area (Å²) < 4.78 is 0. The van der Waals surface area contributed by atoms with Gasteiger partial charge < -0.3 is 15.7 Å². The van der Waals surface area contributed by atoms with E-state index in [4.69, 9.17) is 0 Å². The van der Waals surface area contributed by atoms with Crippen molar-refractivity contribution >= 4 is 5.91 Å². The zero-order chi connectivity index (χ0) is 15.4. The van der Waals surface area contributed by atoms with Gasteiger partial charge in [-0.3, -0.25) is 9.78 Å². The first-order valence-corrected chi connectivity index (χ1v) is 7.40. The van der Waals surface area contributed by atoms with Gasteiger partial charge in [0, 0.05) is 37.1 Å². The van der Waals surface area contributed by atoms with Gasteiger partial charge in [-0.25, -0.2) is 0 Å². The molecule has 1 amide bonds. The lowest BCUT2D eigenvalue weighted by Gasteiger charge is -2.30. The van der Waals surface area contributed by atoms with Gasteiger partial charge >= 0.3 is 0 Å². The Morgan fingerprint density at radius 2 is 2.00 bits per heavy atom. The number of pyridine rings is 1. The monoisotopic (exact) mass is 297 g/mol. The van der Waals surface area contributed by atoms with Crippen LogP contribution in [-0.2, 0) is 13.0 Å². The molecule has 1 aromatic heterocycles. The Bertz CT molecular complexity index is 645. The average molecular weight is 297 g/mol. The van der Waals surface area contributed by atoms with Crippen LogP contribution >= 0.6 is 0 Å². The fourth-order valence-corrected chi connectivity index (χ4v) is 2.70. The molecule has 5 heteroatoms. The van der Waals surface area contributed by atoms with Crippen molar-refractivity contribution in [3.05, 3.63) is 65.5 Å². The van der Waals surface area contributed by atoms with Crippen LogP contribution in [0.4, 0.5) is 0 Å². The van der Waals surface area contributed by atoms with Gasteiger partial charge in [0.15, 0.2) is 0 Å². The van der Waals surface area contributed by atoms with Gasteiger partial charge in [-0.05, 0) is 29.7 Å². The van der Waals surface area contributed by atoms with Crippen molar-refractivity contribution in [3.8, 4) is 0 Å². The van der Waals surface area contributed by atoms with E-state index in [1.807, 2.05) is 12.1 Å². The molecule has 0 radical (unpaired) electrons. The number of nitrogens with one attached hydrogen (secondary N) is 2. The summed E-state index contributed by atoms with van der Waals surface area (Å²) in [6, 6.07) is 11.5. The molecule has 0 spiro atoms. The summed E-state index contributed by atoms with van der Waals surface area (Å²) in [5.74, 6) is -0.197. The highest BCUT2D eigenvalue weighted by molar-refractivity contribution is 5.93. The van der Waals surface area contributed by atoms with Crippen LogP contribution in [0, 0.1) is 0 Å². The molecular formula is C17H19N3O2. The van der Waals surface area contributed by atoms with Gasteiger partial charge in [0.05, 0.1) is 6.10 Å². The second-order valence-electron chi connectivity index (χ2n) is 5.47. The number of fused-ring (bicyclic) bond motifs is 1. The van der Waals surface area contributed by atoms with Crippen molar-refractivity contribution in [2.75, 3.05) is 6.54 Å². The Morgan fingerprint density at radius 3 is 2.77 bits per heavy atom. The summed E-state index contributed by atoms with van der Waals surface area (Å²) in [6.07, 6.45) is 3.29. The second-order valence-corrected chi connectivity index (χ2v) is 5.47. The number of aliphatic hydroxyl groups excluding tert-OH is 1. The largest absolute Gasteiger partial charge is 0.390 e. The van der Waals surface area contributed by atoms with E-state index in [2.05, 4.69) is 27.8 Å². The number of rotatable bonds is 4. The zero-order valence-electron chi connectivity index (χ0n) is 12.2. The number of carbonyl (C=O) groups is 1. The highest BCUT2D eigenvalue weighted by Crippen LogP contribution is 2.17. The summed E-state index contributed by atoms with van der Waals surface area (Å²) >= 11 is 0. The van der Waals surface area contributed by atoms with Crippen molar-refractivity contribution in [1.29, 1.82) is 0 Å². The first-order valence-electron chi connectivity index (χ1n) is 7.40. The molecule has 0 fully saturated rings. The molecule has 2 heterocycles. The molecule has 0 bridgehead atoms. The molecule has 2 aromatic rings. The summed E-state index contributed by atoms with van der Waals surface area (Å²) in [6.45, 7) is 0.969. The molecule has 0 saturated carbocycles. The predicted molar refractivity (Wildman–Crippen MR) is 83.4 cm³/mol. The Labute approximate surface area is 129 Å². The summed E-state index contributed by atoms with van der Waals surface area (Å²) in [5, 5.41) is 16.4. The van der Waals surface area contributed by atoms with E-state index in [1.165, 1.54) is 11.1 Å². The van der Waals surface area contributed by atoms with Gasteiger partial charge in [-0.15, -0.1) is 0 Å². The lowest BCUT2D eigenvalue weighted by molar-refractivity contribution is 0.0870. The maximum Gasteiger partial charge on any atom is 0.251 e. The minimum atomic E-state index is -0.626. The molecule has 1 aliphatic heterocycles. The molecule has 3 N–H and O–H groups in total. The maximum absolute atomic E-state index is 12.0. The molecule has 1 unspecified atom stereocenters. The van der Waals surface area contributed by atoms with Crippen molar-refractivity contribution in [1.82, 2.24) is 15.6 Å². The summed E-state index contributed by atoms with van der Waals surface area (Å²) in [7, 11) is 0. The van der Waals surface area contributed by atoms with E-state index in [9.17, 15) is 9.90 Å². The molecule has 114 valence electrons. The van der Waals surface area contributed by atoms with E-state index in [0.717, 1.165) is 13.0 Å². The first kappa shape index (κ1) is 14.7. The molecule has 0 saturated heterocycles. The van der Waals surface area contributed by atoms with Crippen LogP contribution in [0.3, 0.4) is 0 Å². The Kier molecular flexibility index (Phi) is 4.46. The maximum atomic E-state index is 12.0. The number of nitrogens with zero attached hydrogens (tertiary/aromatic N) is 1. The standard InChI is InChI=1S/C17H19N3O2/c21-16(11-20-17(22)12-5-7-18-8-6-12)15-9-13-3-1-2-4-14(13)10-19-15/h1-8,15-16,19,21H,9-11H2,(H,20,22)/t15-,16?/m0/s1. The van der Waals surface area contributed by atoms with E-state index >= 15 is 0 Å². The summed E-state index contributed by atoms with van der Waals surface area (Å²) in [4.78, 5) is 15.8. The quantitative estimate of drug-likeness (QED) is 0.783. The molecule has 3 rings (SSSR count). The third kappa shape index (κ3) is 3.32. The fraction of sp³-hybridized carbons (Fsp3) is 0.294. The van der Waals surface area contributed by atoms with E-state index in [-0.39, 0.29) is 18.5 Å². The van der Waals surface area contributed by atoms with E-state index < -0.39 is 6.10 Å². The first-order chi connectivity index (χ1) is 10.7. The fourth-order valence-electron chi connectivity index (χ4n) is 2.70. The lowest BCUT2D eigenvalue weighted by Crippen LogP contribution is -2.49. The molecule has 2 atom stereocenters. The van der Waals surface area contributed by atoms with Crippen LogP contribution in [0.1, 0.15) is 21.5 Å². The van der Waals surface area contributed by atoms with Crippen LogP contribution in [0.2, 0.25) is 0 Å². The molecule has 1 aliphatic rings. The molecular weight excluding hydrogens is 278 g/mol. The van der Waals surface area contributed by atoms with E-state index in [1.54, 1.807) is 24.5 Å². The van der Waals surface area contributed by atoms with Crippen LogP contribution in [-0.4, -0.2) is 34.7 Å². The van der Waals surface area contributed by atoms with E-state index in [0.29, 0.717) is 5.56 Å². The molecule has 5 nitrogen and oxygen atoms in total. The SMILES string of the molecule is O=C(NCC(O)[C@@H]1Cc2ccccc2CN1)c1ccncc1. The number of hydrogen-bond donors (Lipinski definition) is 3. The highest BCUT2D eigenvalue weighted by atomic mass is 16.3. The molecule has 1 aromatic carbocycles. The molecule has 0 aliphatic carbocycles. The second kappa shape index (κ2) is 6.68. The van der Waals surface area contributed by atoms with Crippen molar-refractivity contribution in [2.24, 2.45) is 0 Å². The van der Waals surface area contributed by atoms with Crippen LogP contribution < -0.4 is 10.6 Å². The van der Waals surface area contributed by atoms with Gasteiger partial charge in [-0.2, -0.15) is 0 Å². The average Bonchev–Trinajstić information content (AvgIpc) is 2.59. The molecule has 22 heavy (non-hydrogen) atoms. The van der Waals surface area contributed by atoms with Crippen LogP contribution in [0.15, 0.2) is 48.8 Å². The number of hydrogen-bond acceptors (Lipinski definition) is 4. The highest BCUT2D eigenvalue weighted by Gasteiger charge is 2.24. The minimum Gasteiger partial charge on any atom is -0.390 e. The Hall–Kier alpha value is -2.24. The number of carbonyl (C=O) groups excluding carboxylic acids is 1. The number of benzene rings is 1. The van der Waals surface area contributed by atoms with Gasteiger partial charge in [0.1, 0.15) is 0 Å². The topological polar surface area (TPSA) is 74.2 Å².